The monoisotopic (exact) mass is 413 g/mol. The highest BCUT2D eigenvalue weighted by Gasteiger charge is 2.40. The van der Waals surface area contributed by atoms with Gasteiger partial charge in [0.05, 0.1) is 16.8 Å². The lowest BCUT2D eigenvalue weighted by Gasteiger charge is -2.36. The van der Waals surface area contributed by atoms with Gasteiger partial charge in [0.15, 0.2) is 9.84 Å². The number of β-lactam (4-membered cyclic amide) rings is 1. The molecular weight excluding hydrogens is 394 g/mol. The minimum atomic E-state index is -3.32. The number of hydrogen-bond donors (Lipinski definition) is 2. The molecule has 12 heteroatoms. The largest absolute Gasteiger partial charge is 0.460 e. The molecule has 1 aliphatic rings. The number of non-ortho nitro benzene ring substituents is 1. The molecule has 152 valence electrons. The van der Waals surface area contributed by atoms with Crippen molar-refractivity contribution in [1.29, 1.82) is 0 Å². The Kier molecular flexibility index (Phi) is 6.80. The standard InChI is InChI=1S/C16H19N3O8S/c1-28(25,26)9-17-15-13(18-16(15)22)6-12(20)7-14(21)27-8-10-2-4-11(5-3-10)19(23)24/h2-5,13,15,17H,6-9H2,1H3,(H,18,22)/t13-,15-/m1/s1. The highest BCUT2D eigenvalue weighted by molar-refractivity contribution is 7.90. The van der Waals surface area contributed by atoms with Crippen molar-refractivity contribution in [3.05, 3.63) is 39.9 Å². The second-order valence-corrected chi connectivity index (χ2v) is 8.51. The molecule has 1 saturated heterocycles. The van der Waals surface area contributed by atoms with Crippen molar-refractivity contribution in [3.8, 4) is 0 Å². The van der Waals surface area contributed by atoms with Crippen LogP contribution < -0.4 is 10.6 Å². The van der Waals surface area contributed by atoms with E-state index >= 15 is 0 Å². The van der Waals surface area contributed by atoms with Crippen LogP contribution in [0.15, 0.2) is 24.3 Å². The number of esters is 1. The number of rotatable bonds is 10. The molecule has 0 aliphatic carbocycles. The molecule has 0 radical (unpaired) electrons. The fraction of sp³-hybridized carbons (Fsp3) is 0.438. The maximum atomic E-state index is 12.0. The number of nitro benzene ring substituents is 1. The van der Waals surface area contributed by atoms with Gasteiger partial charge in [-0.05, 0) is 17.7 Å². The Hall–Kier alpha value is -2.86. The summed E-state index contributed by atoms with van der Waals surface area (Å²) < 4.78 is 27.2. The average molecular weight is 413 g/mol. The number of nitrogens with one attached hydrogen (secondary N) is 2. The predicted octanol–water partition coefficient (Wildman–Crippen LogP) is -0.554. The Morgan fingerprint density at radius 3 is 2.46 bits per heavy atom. The summed E-state index contributed by atoms with van der Waals surface area (Å²) in [7, 11) is -3.32. The first-order valence-corrected chi connectivity index (χ1v) is 10.2. The Morgan fingerprint density at radius 1 is 1.29 bits per heavy atom. The summed E-state index contributed by atoms with van der Waals surface area (Å²) in [5, 5.41) is 15.6. The molecule has 28 heavy (non-hydrogen) atoms. The van der Waals surface area contributed by atoms with Gasteiger partial charge in [0.1, 0.15) is 24.9 Å². The Balaban J connectivity index is 1.75. The second-order valence-electron chi connectivity index (χ2n) is 6.37. The van der Waals surface area contributed by atoms with Crippen LogP contribution in [-0.2, 0) is 35.6 Å². The van der Waals surface area contributed by atoms with Crippen LogP contribution in [0.2, 0.25) is 0 Å². The van der Waals surface area contributed by atoms with Crippen LogP contribution in [0.1, 0.15) is 18.4 Å². The van der Waals surface area contributed by atoms with Gasteiger partial charge in [-0.3, -0.25) is 29.8 Å². The van der Waals surface area contributed by atoms with Crippen molar-refractivity contribution >= 4 is 33.2 Å². The van der Waals surface area contributed by atoms with E-state index in [2.05, 4.69) is 10.6 Å². The van der Waals surface area contributed by atoms with Crippen molar-refractivity contribution in [3.63, 3.8) is 0 Å². The Labute approximate surface area is 160 Å². The molecule has 0 bridgehead atoms. The van der Waals surface area contributed by atoms with E-state index in [1.54, 1.807) is 0 Å². The number of ether oxygens (including phenoxy) is 1. The summed E-state index contributed by atoms with van der Waals surface area (Å²) in [6.07, 6.45) is 0.371. The minimum Gasteiger partial charge on any atom is -0.460 e. The number of carbonyl (C=O) groups excluding carboxylic acids is 3. The van der Waals surface area contributed by atoms with Gasteiger partial charge < -0.3 is 10.1 Å². The minimum absolute atomic E-state index is 0.0909. The van der Waals surface area contributed by atoms with Gasteiger partial charge in [0.25, 0.3) is 5.69 Å². The number of carbonyl (C=O) groups is 3. The van der Waals surface area contributed by atoms with Crippen molar-refractivity contribution in [2.45, 2.75) is 31.5 Å². The molecule has 0 saturated carbocycles. The number of Topliss-reactive ketones (excluding diaryl/α,β-unsaturated/α-hetero) is 1. The molecule has 0 aromatic heterocycles. The quantitative estimate of drug-likeness (QED) is 0.168. The fourth-order valence-electron chi connectivity index (χ4n) is 2.49. The highest BCUT2D eigenvalue weighted by Crippen LogP contribution is 2.14. The highest BCUT2D eigenvalue weighted by atomic mass is 32.2. The summed E-state index contributed by atoms with van der Waals surface area (Å²) in [6.45, 7) is -0.136. The first-order valence-electron chi connectivity index (χ1n) is 8.17. The molecule has 1 aromatic rings. The Bertz CT molecular complexity index is 882. The number of ketones is 1. The third-order valence-electron chi connectivity index (χ3n) is 3.91. The van der Waals surface area contributed by atoms with Crippen LogP contribution in [0.5, 0.6) is 0 Å². The topological polar surface area (TPSA) is 162 Å². The first-order chi connectivity index (χ1) is 13.0. The number of nitrogens with zero attached hydrogens (tertiary/aromatic N) is 1. The lowest BCUT2D eigenvalue weighted by molar-refractivity contribution is -0.384. The van der Waals surface area contributed by atoms with Crippen LogP contribution in [0, 0.1) is 10.1 Å². The summed E-state index contributed by atoms with van der Waals surface area (Å²) in [5.74, 6) is -2.05. The maximum absolute atomic E-state index is 12.0. The summed E-state index contributed by atoms with van der Waals surface area (Å²) in [5.41, 5.74) is 0.439. The van der Waals surface area contributed by atoms with Crippen LogP contribution in [0.4, 0.5) is 5.69 Å². The smallest absolute Gasteiger partial charge is 0.313 e. The Morgan fingerprint density at radius 2 is 1.93 bits per heavy atom. The lowest BCUT2D eigenvalue weighted by Crippen LogP contribution is -2.69. The predicted molar refractivity (Wildman–Crippen MR) is 95.7 cm³/mol. The van der Waals surface area contributed by atoms with Gasteiger partial charge >= 0.3 is 5.97 Å². The fourth-order valence-corrected chi connectivity index (χ4v) is 2.98. The van der Waals surface area contributed by atoms with Crippen molar-refractivity contribution < 1.29 is 32.5 Å². The van der Waals surface area contributed by atoms with Gasteiger partial charge in [-0.1, -0.05) is 0 Å². The van der Waals surface area contributed by atoms with E-state index in [9.17, 15) is 32.9 Å². The average Bonchev–Trinajstić information content (AvgIpc) is 2.58. The molecule has 1 aliphatic heterocycles. The van der Waals surface area contributed by atoms with E-state index in [-0.39, 0.29) is 18.7 Å². The summed E-state index contributed by atoms with van der Waals surface area (Å²) >= 11 is 0. The number of hydrogen-bond acceptors (Lipinski definition) is 9. The third-order valence-corrected chi connectivity index (χ3v) is 4.61. The van der Waals surface area contributed by atoms with Crippen molar-refractivity contribution in [2.24, 2.45) is 0 Å². The molecule has 1 aromatic carbocycles. The van der Waals surface area contributed by atoms with E-state index < -0.39 is 56.8 Å². The molecular formula is C16H19N3O8S. The summed E-state index contributed by atoms with van der Waals surface area (Å²) in [6, 6.07) is 4.03. The number of benzene rings is 1. The van der Waals surface area contributed by atoms with Crippen molar-refractivity contribution in [2.75, 3.05) is 12.1 Å². The second kappa shape index (κ2) is 8.89. The van der Waals surface area contributed by atoms with E-state index in [0.717, 1.165) is 6.26 Å². The van der Waals surface area contributed by atoms with Crippen molar-refractivity contribution in [1.82, 2.24) is 10.6 Å². The van der Waals surface area contributed by atoms with Gasteiger partial charge in [-0.25, -0.2) is 8.42 Å². The van der Waals surface area contributed by atoms with Gasteiger partial charge in [0.2, 0.25) is 5.91 Å². The van der Waals surface area contributed by atoms with Crippen LogP contribution in [0.3, 0.4) is 0 Å². The zero-order chi connectivity index (χ0) is 20.9. The zero-order valence-corrected chi connectivity index (χ0v) is 15.7. The van der Waals surface area contributed by atoms with Crippen LogP contribution >= 0.6 is 0 Å². The lowest BCUT2D eigenvalue weighted by atomic mass is 9.93. The molecule has 11 nitrogen and oxygen atoms in total. The molecule has 2 atom stereocenters. The van der Waals surface area contributed by atoms with Gasteiger partial charge in [-0.2, -0.15) is 0 Å². The zero-order valence-electron chi connectivity index (χ0n) is 14.9. The molecule has 0 unspecified atom stereocenters. The van der Waals surface area contributed by atoms with Gasteiger partial charge in [0, 0.05) is 24.8 Å². The van der Waals surface area contributed by atoms with Gasteiger partial charge in [-0.15, -0.1) is 0 Å². The SMILES string of the molecule is CS(=O)(=O)CN[C@H]1C(=O)N[C@@H]1CC(=O)CC(=O)OCc1ccc([N+](=O)[O-])cc1. The molecule has 0 spiro atoms. The first kappa shape index (κ1) is 21.4. The molecule has 1 amide bonds. The molecule has 2 rings (SSSR count). The molecule has 1 fully saturated rings. The number of amides is 1. The summed E-state index contributed by atoms with van der Waals surface area (Å²) in [4.78, 5) is 45.2. The molecule has 1 heterocycles. The van der Waals surface area contributed by atoms with E-state index in [1.807, 2.05) is 0 Å². The van der Waals surface area contributed by atoms with E-state index in [0.29, 0.717) is 5.56 Å². The number of sulfone groups is 1. The van der Waals surface area contributed by atoms with Crippen LogP contribution in [0.25, 0.3) is 0 Å². The van der Waals surface area contributed by atoms with E-state index in [4.69, 9.17) is 4.74 Å². The number of nitro groups is 1. The normalized spacial score (nSPS) is 18.7. The van der Waals surface area contributed by atoms with Crippen LogP contribution in [-0.4, -0.2) is 55.2 Å². The molecule has 2 N–H and O–H groups in total. The third kappa shape index (κ3) is 6.39. The van der Waals surface area contributed by atoms with E-state index in [1.165, 1.54) is 24.3 Å². The maximum Gasteiger partial charge on any atom is 0.313 e.